The molecule has 2 nitrogen and oxygen atoms in total. The van der Waals surface area contributed by atoms with Crippen molar-refractivity contribution in [3.63, 3.8) is 0 Å². The largest absolute Gasteiger partial charge is 0.396 e. The summed E-state index contributed by atoms with van der Waals surface area (Å²) in [6.07, 6.45) is 4.20. The Labute approximate surface area is 111 Å². The maximum Gasteiger partial charge on any atom is 0.0436 e. The zero-order chi connectivity index (χ0) is 12.8. The van der Waals surface area contributed by atoms with Crippen LogP contribution in [0.5, 0.6) is 0 Å². The number of hydrogen-bond donors (Lipinski definition) is 1. The summed E-state index contributed by atoms with van der Waals surface area (Å²) in [6, 6.07) is 10.7. The van der Waals surface area contributed by atoms with E-state index in [4.69, 9.17) is 0 Å². The minimum absolute atomic E-state index is 0.294. The summed E-state index contributed by atoms with van der Waals surface area (Å²) in [5, 5.41) is 9.17. The van der Waals surface area contributed by atoms with Crippen molar-refractivity contribution in [3.8, 4) is 0 Å². The molecule has 0 aromatic heterocycles. The van der Waals surface area contributed by atoms with E-state index in [1.165, 1.54) is 18.4 Å². The SMILES string of the molecule is [CH2]CC1(CCO)CCN(Cc2ccccc2)CC1. The number of rotatable bonds is 5. The number of benzene rings is 1. The van der Waals surface area contributed by atoms with Crippen molar-refractivity contribution in [1.29, 1.82) is 0 Å². The minimum atomic E-state index is 0.294. The van der Waals surface area contributed by atoms with Crippen LogP contribution in [0.4, 0.5) is 0 Å². The second-order valence-electron chi connectivity index (χ2n) is 5.49. The highest BCUT2D eigenvalue weighted by Gasteiger charge is 2.32. The molecular formula is C16H24NO. The number of aliphatic hydroxyl groups is 1. The topological polar surface area (TPSA) is 23.5 Å². The molecule has 1 fully saturated rings. The van der Waals surface area contributed by atoms with Gasteiger partial charge in [0.1, 0.15) is 0 Å². The van der Waals surface area contributed by atoms with Crippen LogP contribution in [0.1, 0.15) is 31.2 Å². The van der Waals surface area contributed by atoms with Gasteiger partial charge < -0.3 is 5.11 Å². The normalized spacial score (nSPS) is 19.9. The summed E-state index contributed by atoms with van der Waals surface area (Å²) < 4.78 is 0. The van der Waals surface area contributed by atoms with Crippen LogP contribution in [-0.2, 0) is 6.54 Å². The van der Waals surface area contributed by atoms with Crippen LogP contribution in [0.2, 0.25) is 0 Å². The highest BCUT2D eigenvalue weighted by molar-refractivity contribution is 5.14. The third-order valence-corrected chi connectivity index (χ3v) is 4.34. The fraction of sp³-hybridized carbons (Fsp3) is 0.562. The Balaban J connectivity index is 1.86. The second-order valence-corrected chi connectivity index (χ2v) is 5.49. The first kappa shape index (κ1) is 13.6. The van der Waals surface area contributed by atoms with E-state index in [-0.39, 0.29) is 0 Å². The van der Waals surface area contributed by atoms with Crippen LogP contribution in [0.25, 0.3) is 0 Å². The van der Waals surface area contributed by atoms with Gasteiger partial charge in [0.05, 0.1) is 0 Å². The third kappa shape index (κ3) is 3.33. The molecule has 18 heavy (non-hydrogen) atoms. The molecule has 2 heteroatoms. The van der Waals surface area contributed by atoms with Gasteiger partial charge in [-0.25, -0.2) is 0 Å². The number of hydrogen-bond acceptors (Lipinski definition) is 2. The molecule has 0 atom stereocenters. The van der Waals surface area contributed by atoms with Crippen molar-refractivity contribution < 1.29 is 5.11 Å². The summed E-state index contributed by atoms with van der Waals surface area (Å²) in [5.74, 6) is 0. The molecule has 1 heterocycles. The van der Waals surface area contributed by atoms with Crippen molar-refractivity contribution in [2.45, 2.75) is 32.2 Å². The molecule has 1 N–H and O–H groups in total. The molecule has 2 rings (SSSR count). The fourth-order valence-electron chi connectivity index (χ4n) is 2.89. The van der Waals surface area contributed by atoms with E-state index in [2.05, 4.69) is 42.2 Å². The lowest BCUT2D eigenvalue weighted by Crippen LogP contribution is -2.39. The van der Waals surface area contributed by atoms with Gasteiger partial charge >= 0.3 is 0 Å². The Morgan fingerprint density at radius 2 is 1.83 bits per heavy atom. The molecule has 0 saturated carbocycles. The van der Waals surface area contributed by atoms with E-state index in [1.54, 1.807) is 0 Å². The predicted octanol–water partition coefficient (Wildman–Crippen LogP) is 2.88. The first-order valence-corrected chi connectivity index (χ1v) is 6.94. The summed E-state index contributed by atoms with van der Waals surface area (Å²) >= 11 is 0. The third-order valence-electron chi connectivity index (χ3n) is 4.34. The predicted molar refractivity (Wildman–Crippen MR) is 75.1 cm³/mol. The van der Waals surface area contributed by atoms with Gasteiger partial charge in [0.15, 0.2) is 0 Å². The molecule has 0 aliphatic carbocycles. The number of aliphatic hydroxyl groups excluding tert-OH is 1. The lowest BCUT2D eigenvalue weighted by atomic mass is 9.74. The van der Waals surface area contributed by atoms with Crippen molar-refractivity contribution >= 4 is 0 Å². The summed E-state index contributed by atoms with van der Waals surface area (Å²) in [5.41, 5.74) is 1.68. The molecule has 1 radical (unpaired) electrons. The first-order chi connectivity index (χ1) is 8.78. The minimum Gasteiger partial charge on any atom is -0.396 e. The smallest absolute Gasteiger partial charge is 0.0436 e. The van der Waals surface area contributed by atoms with E-state index < -0.39 is 0 Å². The lowest BCUT2D eigenvalue weighted by molar-refractivity contribution is 0.0736. The average molecular weight is 246 g/mol. The van der Waals surface area contributed by atoms with Gasteiger partial charge in [-0.15, -0.1) is 0 Å². The maximum absolute atomic E-state index is 9.17. The van der Waals surface area contributed by atoms with Gasteiger partial charge in [-0.3, -0.25) is 4.90 Å². The van der Waals surface area contributed by atoms with Crippen LogP contribution in [-0.4, -0.2) is 29.7 Å². The van der Waals surface area contributed by atoms with Gasteiger partial charge in [-0.2, -0.15) is 0 Å². The Morgan fingerprint density at radius 1 is 1.17 bits per heavy atom. The number of nitrogens with zero attached hydrogens (tertiary/aromatic N) is 1. The highest BCUT2D eigenvalue weighted by atomic mass is 16.3. The monoisotopic (exact) mass is 246 g/mol. The van der Waals surface area contributed by atoms with Gasteiger partial charge in [-0.1, -0.05) is 37.3 Å². The molecule has 0 amide bonds. The van der Waals surface area contributed by atoms with Crippen molar-refractivity contribution in [2.24, 2.45) is 5.41 Å². The van der Waals surface area contributed by atoms with E-state index >= 15 is 0 Å². The quantitative estimate of drug-likeness (QED) is 0.863. The summed E-state index contributed by atoms with van der Waals surface area (Å²) in [6.45, 7) is 7.69. The van der Waals surface area contributed by atoms with E-state index in [0.717, 1.165) is 32.5 Å². The Bertz CT molecular complexity index is 341. The van der Waals surface area contributed by atoms with Gasteiger partial charge in [0.2, 0.25) is 0 Å². The van der Waals surface area contributed by atoms with Crippen LogP contribution >= 0.6 is 0 Å². The molecule has 1 aromatic carbocycles. The zero-order valence-electron chi connectivity index (χ0n) is 11.1. The van der Waals surface area contributed by atoms with Crippen molar-refractivity contribution in [2.75, 3.05) is 19.7 Å². The standard InChI is InChI=1S/C16H24NO/c1-2-16(10-13-18)8-11-17(12-9-16)14-15-6-4-3-5-7-15/h3-7,18H,1-2,8-14H2. The molecule has 0 unspecified atom stereocenters. The summed E-state index contributed by atoms with van der Waals surface area (Å²) in [4.78, 5) is 2.51. The molecule has 99 valence electrons. The first-order valence-electron chi connectivity index (χ1n) is 6.94. The van der Waals surface area contributed by atoms with Crippen LogP contribution in [0.15, 0.2) is 30.3 Å². The van der Waals surface area contributed by atoms with Gasteiger partial charge in [0, 0.05) is 13.2 Å². The molecule has 1 aromatic rings. The molecular weight excluding hydrogens is 222 g/mol. The highest BCUT2D eigenvalue weighted by Crippen LogP contribution is 2.38. The Morgan fingerprint density at radius 3 is 2.39 bits per heavy atom. The Kier molecular flexibility index (Phi) is 4.79. The molecule has 1 aliphatic heterocycles. The maximum atomic E-state index is 9.17. The van der Waals surface area contributed by atoms with Crippen LogP contribution in [0, 0.1) is 12.3 Å². The molecule has 1 aliphatic rings. The van der Waals surface area contributed by atoms with E-state index in [0.29, 0.717) is 12.0 Å². The van der Waals surface area contributed by atoms with E-state index in [9.17, 15) is 5.11 Å². The fourth-order valence-corrected chi connectivity index (χ4v) is 2.89. The number of likely N-dealkylation sites (tertiary alicyclic amines) is 1. The van der Waals surface area contributed by atoms with Crippen LogP contribution in [0.3, 0.4) is 0 Å². The van der Waals surface area contributed by atoms with Crippen LogP contribution < -0.4 is 0 Å². The molecule has 0 spiro atoms. The molecule has 0 bridgehead atoms. The van der Waals surface area contributed by atoms with Gasteiger partial charge in [-0.05, 0) is 49.8 Å². The Hall–Kier alpha value is -0.860. The summed E-state index contributed by atoms with van der Waals surface area (Å²) in [7, 11) is 0. The number of piperidine rings is 1. The van der Waals surface area contributed by atoms with E-state index in [1.807, 2.05) is 0 Å². The average Bonchev–Trinajstić information content (AvgIpc) is 2.43. The van der Waals surface area contributed by atoms with Crippen molar-refractivity contribution in [3.05, 3.63) is 42.8 Å². The van der Waals surface area contributed by atoms with Crippen molar-refractivity contribution in [1.82, 2.24) is 4.90 Å². The zero-order valence-corrected chi connectivity index (χ0v) is 11.1. The lowest BCUT2D eigenvalue weighted by Gasteiger charge is -2.41. The van der Waals surface area contributed by atoms with Gasteiger partial charge in [0.25, 0.3) is 0 Å². The molecule has 1 saturated heterocycles. The second kappa shape index (κ2) is 6.35.